The van der Waals surface area contributed by atoms with E-state index < -0.39 is 6.29 Å². The van der Waals surface area contributed by atoms with Crippen molar-refractivity contribution in [2.45, 2.75) is 83.1 Å². The molecular formula is C49H56N4O7. The quantitative estimate of drug-likeness (QED) is 0.0539. The number of nitrogens with two attached hydrogens (primary N) is 1. The lowest BCUT2D eigenvalue weighted by Gasteiger charge is -2.39. The zero-order chi connectivity index (χ0) is 41.8. The van der Waals surface area contributed by atoms with E-state index in [1.165, 1.54) is 11.1 Å². The molecule has 0 unspecified atom stereocenters. The van der Waals surface area contributed by atoms with Gasteiger partial charge >= 0.3 is 0 Å². The van der Waals surface area contributed by atoms with Gasteiger partial charge in [0.25, 0.3) is 0 Å². The number of aliphatic hydroxyl groups is 1. The third-order valence-electron chi connectivity index (χ3n) is 11.3. The number of para-hydroxylation sites is 2. The average Bonchev–Trinajstić information content (AvgIpc) is 3.28. The van der Waals surface area contributed by atoms with Gasteiger partial charge in [0.1, 0.15) is 0 Å². The van der Waals surface area contributed by atoms with Crippen molar-refractivity contribution < 1.29 is 33.6 Å². The Morgan fingerprint density at radius 1 is 0.767 bits per heavy atom. The van der Waals surface area contributed by atoms with Crippen molar-refractivity contribution >= 4 is 23.2 Å². The van der Waals surface area contributed by atoms with Crippen molar-refractivity contribution in [2.24, 2.45) is 0 Å². The summed E-state index contributed by atoms with van der Waals surface area (Å²) < 4.78 is 24.7. The molecule has 2 aliphatic heterocycles. The summed E-state index contributed by atoms with van der Waals surface area (Å²) in [5, 5.41) is 15.6. The van der Waals surface area contributed by atoms with E-state index in [4.69, 9.17) is 24.7 Å². The minimum atomic E-state index is -0.591. The molecular weight excluding hydrogens is 757 g/mol. The van der Waals surface area contributed by atoms with Crippen molar-refractivity contribution in [3.63, 3.8) is 0 Å². The number of amides is 2. The third kappa shape index (κ3) is 11.1. The summed E-state index contributed by atoms with van der Waals surface area (Å²) in [6, 6.07) is 35.9. The van der Waals surface area contributed by atoms with Crippen LogP contribution >= 0.6 is 0 Å². The summed E-state index contributed by atoms with van der Waals surface area (Å²) in [5.74, 6) is 1.40. The summed E-state index contributed by atoms with van der Waals surface area (Å²) in [6.45, 7) is 2.84. The maximum atomic E-state index is 12.7. The van der Waals surface area contributed by atoms with Crippen LogP contribution in [0.2, 0.25) is 0 Å². The van der Waals surface area contributed by atoms with Crippen LogP contribution in [0.4, 0.5) is 11.4 Å². The van der Waals surface area contributed by atoms with Crippen LogP contribution < -0.4 is 25.8 Å². The van der Waals surface area contributed by atoms with Crippen molar-refractivity contribution in [2.75, 3.05) is 38.4 Å². The number of ether oxygens (including phenoxy) is 4. The van der Waals surface area contributed by atoms with Gasteiger partial charge in [-0.25, -0.2) is 0 Å². The summed E-state index contributed by atoms with van der Waals surface area (Å²) in [4.78, 5) is 27.5. The normalized spacial score (nSPS) is 17.7. The molecule has 2 heterocycles. The first-order valence-electron chi connectivity index (χ1n) is 20.9. The monoisotopic (exact) mass is 812 g/mol. The van der Waals surface area contributed by atoms with Gasteiger partial charge in [-0.1, -0.05) is 79.2 Å². The maximum absolute atomic E-state index is 12.7. The summed E-state index contributed by atoms with van der Waals surface area (Å²) in [7, 11) is 3.34. The van der Waals surface area contributed by atoms with Crippen molar-refractivity contribution in [1.29, 1.82) is 0 Å². The van der Waals surface area contributed by atoms with E-state index in [0.29, 0.717) is 50.0 Å². The molecule has 1 fully saturated rings. The molecule has 2 amide bonds. The second-order valence-electron chi connectivity index (χ2n) is 15.6. The Labute approximate surface area is 352 Å². The first kappa shape index (κ1) is 42.4. The molecule has 1 saturated heterocycles. The predicted molar refractivity (Wildman–Crippen MR) is 233 cm³/mol. The molecule has 60 heavy (non-hydrogen) atoms. The van der Waals surface area contributed by atoms with E-state index in [1.54, 1.807) is 26.4 Å². The molecule has 11 heteroatoms. The molecule has 314 valence electrons. The molecule has 3 atom stereocenters. The van der Waals surface area contributed by atoms with Crippen molar-refractivity contribution in [1.82, 2.24) is 10.2 Å². The highest BCUT2D eigenvalue weighted by Crippen LogP contribution is 2.40. The molecule has 0 bridgehead atoms. The van der Waals surface area contributed by atoms with E-state index in [2.05, 4.69) is 58.0 Å². The Bertz CT molecular complexity index is 2230. The Kier molecular flexibility index (Phi) is 14.5. The lowest BCUT2D eigenvalue weighted by Crippen LogP contribution is -2.41. The van der Waals surface area contributed by atoms with Gasteiger partial charge in [-0.3, -0.25) is 14.5 Å². The standard InChI is InChI=1S/C49H56N4O7/c1-57-45-26-38-22-23-53(30-40(38)27-46(45)58-2)31-41-28-44(35-20-18-33(32-54)19-21-35)60-49(59-41)39-13-9-12-37(25-39)36-11-8-10-34(24-36)29-51-47(55)16-4-3-5-17-48(56)52-43-15-7-6-14-42(43)50/h6-15,18-21,24-27,41,44,49,54H,3-5,16-17,22-23,28-32,50H2,1-2H3,(H,51,55)(H,52,56)/t41-,44+,49+/m0/s1. The lowest BCUT2D eigenvalue weighted by molar-refractivity contribution is -0.253. The number of nitrogen functional groups attached to an aromatic ring is 1. The predicted octanol–water partition coefficient (Wildman–Crippen LogP) is 8.25. The number of anilines is 2. The molecule has 11 nitrogen and oxygen atoms in total. The number of hydrogen-bond donors (Lipinski definition) is 4. The summed E-state index contributed by atoms with van der Waals surface area (Å²) >= 11 is 0. The second kappa shape index (κ2) is 20.5. The number of nitrogens with one attached hydrogen (secondary N) is 2. The second-order valence-corrected chi connectivity index (χ2v) is 15.6. The van der Waals surface area contributed by atoms with Crippen molar-refractivity contribution in [3.05, 3.63) is 143 Å². The topological polar surface area (TPSA) is 145 Å². The van der Waals surface area contributed by atoms with Gasteiger partial charge in [0.2, 0.25) is 11.8 Å². The Balaban J connectivity index is 0.961. The van der Waals surface area contributed by atoms with Crippen LogP contribution in [0, 0.1) is 0 Å². The molecule has 2 aliphatic rings. The smallest absolute Gasteiger partial charge is 0.224 e. The van der Waals surface area contributed by atoms with Gasteiger partial charge < -0.3 is 40.4 Å². The summed E-state index contributed by atoms with van der Waals surface area (Å²) in [5.41, 5.74) is 15.5. The Morgan fingerprint density at radius 2 is 1.48 bits per heavy atom. The number of hydrogen-bond acceptors (Lipinski definition) is 9. The Morgan fingerprint density at radius 3 is 2.23 bits per heavy atom. The number of fused-ring (bicyclic) bond motifs is 1. The van der Waals surface area contributed by atoms with E-state index in [9.17, 15) is 14.7 Å². The fraction of sp³-hybridized carbons (Fsp3) is 0.347. The molecule has 7 rings (SSSR count). The summed E-state index contributed by atoms with van der Waals surface area (Å²) in [6.07, 6.45) is 3.68. The molecule has 5 aromatic rings. The van der Waals surface area contributed by atoms with Crippen LogP contribution in [-0.2, 0) is 45.2 Å². The van der Waals surface area contributed by atoms with Crippen LogP contribution in [0.5, 0.6) is 11.5 Å². The fourth-order valence-electron chi connectivity index (χ4n) is 8.00. The number of aliphatic hydroxyl groups excluding tert-OH is 1. The van der Waals surface area contributed by atoms with Gasteiger partial charge in [-0.15, -0.1) is 0 Å². The number of methoxy groups -OCH3 is 2. The largest absolute Gasteiger partial charge is 0.493 e. The number of carbonyl (C=O) groups excluding carboxylic acids is 2. The van der Waals surface area contributed by atoms with Crippen molar-refractivity contribution in [3.8, 4) is 22.6 Å². The van der Waals surface area contributed by atoms with Gasteiger partial charge in [-0.2, -0.15) is 0 Å². The molecule has 5 N–H and O–H groups in total. The molecule has 0 spiro atoms. The lowest BCUT2D eigenvalue weighted by atomic mass is 9.96. The molecule has 5 aromatic carbocycles. The Hall–Kier alpha value is -5.72. The van der Waals surface area contributed by atoms with E-state index >= 15 is 0 Å². The van der Waals surface area contributed by atoms with Crippen LogP contribution in [0.3, 0.4) is 0 Å². The zero-order valence-electron chi connectivity index (χ0n) is 34.5. The average molecular weight is 813 g/mol. The third-order valence-corrected chi connectivity index (χ3v) is 11.3. The van der Waals surface area contributed by atoms with Gasteiger partial charge in [0, 0.05) is 51.0 Å². The molecule has 0 radical (unpaired) electrons. The highest BCUT2D eigenvalue weighted by molar-refractivity contribution is 5.93. The van der Waals surface area contributed by atoms with Crippen LogP contribution in [0.15, 0.2) is 109 Å². The van der Waals surface area contributed by atoms with E-state index in [-0.39, 0.29) is 30.6 Å². The van der Waals surface area contributed by atoms with Crippen LogP contribution in [-0.4, -0.2) is 55.2 Å². The molecule has 0 aromatic heterocycles. The number of nitrogens with zero attached hydrogens (tertiary/aromatic N) is 1. The number of unbranched alkanes of at least 4 members (excludes halogenated alkanes) is 2. The number of carbonyl (C=O) groups is 2. The van der Waals surface area contributed by atoms with Gasteiger partial charge in [0.15, 0.2) is 17.8 Å². The van der Waals surface area contributed by atoms with Crippen LogP contribution in [0.1, 0.15) is 84.3 Å². The minimum absolute atomic E-state index is 0.0107. The van der Waals surface area contributed by atoms with Gasteiger partial charge in [-0.05, 0) is 94.6 Å². The first-order valence-corrected chi connectivity index (χ1v) is 20.9. The zero-order valence-corrected chi connectivity index (χ0v) is 34.5. The first-order chi connectivity index (χ1) is 29.3. The minimum Gasteiger partial charge on any atom is -0.493 e. The van der Waals surface area contributed by atoms with E-state index in [0.717, 1.165) is 77.4 Å². The maximum Gasteiger partial charge on any atom is 0.224 e. The number of benzene rings is 5. The van der Waals surface area contributed by atoms with Gasteiger partial charge in [0.05, 0.1) is 44.4 Å². The fourth-order valence-corrected chi connectivity index (χ4v) is 8.00. The highest BCUT2D eigenvalue weighted by atomic mass is 16.7. The molecule has 0 aliphatic carbocycles. The van der Waals surface area contributed by atoms with E-state index in [1.807, 2.05) is 54.6 Å². The highest BCUT2D eigenvalue weighted by Gasteiger charge is 2.34. The number of rotatable bonds is 17. The SMILES string of the molecule is COc1cc2c(cc1OC)CN(C[C@@H]1C[C@H](c3ccc(CO)cc3)O[C@H](c3cccc(-c4cccc(CNC(=O)CCCCCC(=O)Nc5ccccc5N)c4)c3)O1)CC2. The molecule has 0 saturated carbocycles. The van der Waals surface area contributed by atoms with Crippen LogP contribution in [0.25, 0.3) is 11.1 Å².